The summed E-state index contributed by atoms with van der Waals surface area (Å²) in [4.78, 5) is 19.1. The molecule has 4 heterocycles. The van der Waals surface area contributed by atoms with E-state index in [1.54, 1.807) is 28.7 Å². The molecule has 136 valence electrons. The van der Waals surface area contributed by atoms with E-state index in [1.807, 2.05) is 13.1 Å². The van der Waals surface area contributed by atoms with Gasteiger partial charge in [0, 0.05) is 30.7 Å². The molecule has 7 nitrogen and oxygen atoms in total. The third kappa shape index (κ3) is 3.21. The van der Waals surface area contributed by atoms with Gasteiger partial charge in [-0.05, 0) is 19.5 Å². The van der Waals surface area contributed by atoms with Gasteiger partial charge in [0.25, 0.3) is 6.43 Å². The van der Waals surface area contributed by atoms with Crippen LogP contribution in [0.15, 0.2) is 30.9 Å². The van der Waals surface area contributed by atoms with E-state index in [0.717, 1.165) is 25.3 Å². The predicted octanol–water partition coefficient (Wildman–Crippen LogP) is 2.57. The molecule has 26 heavy (non-hydrogen) atoms. The second kappa shape index (κ2) is 7.12. The number of hydrogen-bond acceptors (Lipinski definition) is 7. The van der Waals surface area contributed by atoms with Gasteiger partial charge in [0.1, 0.15) is 17.2 Å². The zero-order valence-electron chi connectivity index (χ0n) is 14.0. The van der Waals surface area contributed by atoms with Gasteiger partial charge < -0.3 is 4.90 Å². The molecule has 1 saturated heterocycles. The molecule has 0 aromatic carbocycles. The van der Waals surface area contributed by atoms with Crippen molar-refractivity contribution in [3.8, 4) is 11.5 Å². The number of halogens is 2. The van der Waals surface area contributed by atoms with Gasteiger partial charge in [-0.25, -0.2) is 28.7 Å². The molecule has 1 aliphatic rings. The Hall–Kier alpha value is -2.33. The maximum atomic E-state index is 13.0. The third-order valence-corrected chi connectivity index (χ3v) is 5.22. The van der Waals surface area contributed by atoms with E-state index in [1.165, 1.54) is 12.4 Å². The molecule has 3 aromatic rings. The van der Waals surface area contributed by atoms with Crippen molar-refractivity contribution < 1.29 is 8.78 Å². The summed E-state index contributed by atoms with van der Waals surface area (Å²) in [7, 11) is 1.92. The van der Waals surface area contributed by atoms with Crippen LogP contribution in [-0.4, -0.2) is 49.7 Å². The van der Waals surface area contributed by atoms with Crippen LogP contribution in [0.1, 0.15) is 18.5 Å². The van der Waals surface area contributed by atoms with Crippen molar-refractivity contribution in [2.45, 2.75) is 18.1 Å². The predicted molar refractivity (Wildman–Crippen MR) is 96.2 cm³/mol. The monoisotopic (exact) mass is 377 g/mol. The molecular formula is C16H17F2N7S. The van der Waals surface area contributed by atoms with Gasteiger partial charge in [0.15, 0.2) is 11.5 Å². The summed E-state index contributed by atoms with van der Waals surface area (Å²) in [6.45, 7) is 1.82. The molecule has 1 atom stereocenters. The fraction of sp³-hybridized carbons (Fsp3) is 0.375. The quantitative estimate of drug-likeness (QED) is 0.685. The topological polar surface area (TPSA) is 71.2 Å². The van der Waals surface area contributed by atoms with Gasteiger partial charge in [-0.15, -0.1) is 0 Å². The molecule has 0 saturated carbocycles. The number of anilines is 1. The van der Waals surface area contributed by atoms with Gasteiger partial charge >= 0.3 is 0 Å². The summed E-state index contributed by atoms with van der Waals surface area (Å²) in [6.07, 6.45) is 4.31. The molecule has 10 heteroatoms. The zero-order valence-corrected chi connectivity index (χ0v) is 14.8. The van der Waals surface area contributed by atoms with Gasteiger partial charge in [0.05, 0.1) is 12.4 Å². The Morgan fingerprint density at radius 2 is 2.15 bits per heavy atom. The van der Waals surface area contributed by atoms with E-state index in [-0.39, 0.29) is 5.69 Å². The highest BCUT2D eigenvalue weighted by atomic mass is 32.2. The first-order valence-electron chi connectivity index (χ1n) is 8.17. The Kier molecular flexibility index (Phi) is 4.68. The highest BCUT2D eigenvalue weighted by Gasteiger charge is 2.24. The average molecular weight is 377 g/mol. The molecule has 0 bridgehead atoms. The maximum Gasteiger partial charge on any atom is 0.281 e. The van der Waals surface area contributed by atoms with Crippen LogP contribution >= 0.6 is 11.9 Å². The first-order chi connectivity index (χ1) is 12.7. The van der Waals surface area contributed by atoms with Crippen molar-refractivity contribution in [3.05, 3.63) is 36.5 Å². The van der Waals surface area contributed by atoms with Crippen molar-refractivity contribution in [2.24, 2.45) is 0 Å². The van der Waals surface area contributed by atoms with Crippen LogP contribution in [0.2, 0.25) is 0 Å². The SMILES string of the molecule is CNSC1CCN(c2ccnc(-c3cnc4cnc(C(F)F)cn34)n2)C1. The Morgan fingerprint density at radius 1 is 1.27 bits per heavy atom. The zero-order chi connectivity index (χ0) is 18.1. The molecule has 3 aromatic heterocycles. The van der Waals surface area contributed by atoms with Crippen molar-refractivity contribution in [1.82, 2.24) is 29.1 Å². The lowest BCUT2D eigenvalue weighted by molar-refractivity contribution is 0.145. The minimum absolute atomic E-state index is 0.306. The van der Waals surface area contributed by atoms with Gasteiger partial charge in [-0.3, -0.25) is 9.12 Å². The summed E-state index contributed by atoms with van der Waals surface area (Å²) >= 11 is 1.72. The molecule has 0 aliphatic carbocycles. The molecular weight excluding hydrogens is 360 g/mol. The van der Waals surface area contributed by atoms with Crippen LogP contribution in [-0.2, 0) is 0 Å². The Labute approximate surface area is 153 Å². The molecule has 1 fully saturated rings. The van der Waals surface area contributed by atoms with Crippen molar-refractivity contribution in [2.75, 3.05) is 25.0 Å². The van der Waals surface area contributed by atoms with Crippen molar-refractivity contribution in [3.63, 3.8) is 0 Å². The van der Waals surface area contributed by atoms with E-state index in [2.05, 4.69) is 29.6 Å². The Balaban J connectivity index is 1.67. The third-order valence-electron chi connectivity index (χ3n) is 4.26. The minimum atomic E-state index is -2.65. The first kappa shape index (κ1) is 17.1. The van der Waals surface area contributed by atoms with E-state index < -0.39 is 6.43 Å². The van der Waals surface area contributed by atoms with Crippen LogP contribution in [0.5, 0.6) is 0 Å². The number of fused-ring (bicyclic) bond motifs is 1. The summed E-state index contributed by atoms with van der Waals surface area (Å²) < 4.78 is 30.6. The van der Waals surface area contributed by atoms with E-state index in [4.69, 9.17) is 0 Å². The van der Waals surface area contributed by atoms with Crippen molar-refractivity contribution >= 4 is 23.4 Å². The van der Waals surface area contributed by atoms with Crippen LogP contribution in [0.3, 0.4) is 0 Å². The molecule has 1 N–H and O–H groups in total. The summed E-state index contributed by atoms with van der Waals surface area (Å²) in [6, 6.07) is 1.87. The largest absolute Gasteiger partial charge is 0.355 e. The Morgan fingerprint density at radius 3 is 2.96 bits per heavy atom. The first-order valence-corrected chi connectivity index (χ1v) is 9.05. The van der Waals surface area contributed by atoms with E-state index in [0.29, 0.717) is 22.4 Å². The van der Waals surface area contributed by atoms with Crippen LogP contribution < -0.4 is 9.62 Å². The number of nitrogens with zero attached hydrogens (tertiary/aromatic N) is 6. The molecule has 1 aliphatic heterocycles. The lowest BCUT2D eigenvalue weighted by Crippen LogP contribution is -2.22. The standard InChI is InChI=1S/C16H17F2N7S/c1-19-26-10-3-5-24(8-10)13-2-4-20-16(23-13)12-6-22-14-7-21-11(15(17)18)9-25(12)14/h2,4,6-7,9-10,15,19H,3,5,8H2,1H3. The second-order valence-electron chi connectivity index (χ2n) is 5.90. The van der Waals surface area contributed by atoms with Crippen LogP contribution in [0.4, 0.5) is 14.6 Å². The van der Waals surface area contributed by atoms with Crippen LogP contribution in [0.25, 0.3) is 17.2 Å². The van der Waals surface area contributed by atoms with Gasteiger partial charge in [-0.2, -0.15) is 0 Å². The smallest absolute Gasteiger partial charge is 0.281 e. The molecule has 1 unspecified atom stereocenters. The van der Waals surface area contributed by atoms with Gasteiger partial charge in [-0.1, -0.05) is 11.9 Å². The highest BCUT2D eigenvalue weighted by molar-refractivity contribution is 7.98. The van der Waals surface area contributed by atoms with Gasteiger partial charge in [0.2, 0.25) is 0 Å². The number of alkyl halides is 2. The number of nitrogens with one attached hydrogen (secondary N) is 1. The summed E-state index contributed by atoms with van der Waals surface area (Å²) in [5, 5.41) is 0.508. The molecule has 4 rings (SSSR count). The normalized spacial score (nSPS) is 17.5. The molecule has 0 radical (unpaired) electrons. The summed E-state index contributed by atoms with van der Waals surface area (Å²) in [5.74, 6) is 1.28. The fourth-order valence-electron chi connectivity index (χ4n) is 3.03. The fourth-order valence-corrected chi connectivity index (χ4v) is 3.84. The average Bonchev–Trinajstić information content (AvgIpc) is 3.28. The lowest BCUT2D eigenvalue weighted by atomic mass is 10.4. The molecule has 0 amide bonds. The molecule has 0 spiro atoms. The highest BCUT2D eigenvalue weighted by Crippen LogP contribution is 2.26. The number of imidazole rings is 1. The second-order valence-corrected chi connectivity index (χ2v) is 7.21. The maximum absolute atomic E-state index is 13.0. The lowest BCUT2D eigenvalue weighted by Gasteiger charge is -2.17. The number of rotatable bonds is 5. The van der Waals surface area contributed by atoms with Crippen molar-refractivity contribution in [1.29, 1.82) is 0 Å². The van der Waals surface area contributed by atoms with E-state index >= 15 is 0 Å². The number of hydrogen-bond donors (Lipinski definition) is 1. The van der Waals surface area contributed by atoms with Crippen LogP contribution in [0, 0.1) is 0 Å². The minimum Gasteiger partial charge on any atom is -0.355 e. The Bertz CT molecular complexity index is 917. The van der Waals surface area contributed by atoms with E-state index in [9.17, 15) is 8.78 Å². The summed E-state index contributed by atoms with van der Waals surface area (Å²) in [5.41, 5.74) is 0.732. The number of aromatic nitrogens is 5.